The predicted molar refractivity (Wildman–Crippen MR) is 103 cm³/mol. The maximum Gasteiger partial charge on any atom is 0.213 e. The Morgan fingerprint density at radius 1 is 1.20 bits per heavy atom. The first-order valence-corrected chi connectivity index (χ1v) is 8.45. The number of aryl methyl sites for hydroxylation is 1. The van der Waals surface area contributed by atoms with Crippen LogP contribution in [-0.4, -0.2) is 43.1 Å². The van der Waals surface area contributed by atoms with Crippen molar-refractivity contribution in [2.75, 3.05) is 32.6 Å². The standard InChI is InChI=1S/C19H27N5O/c1-4-15-5-7-17(8-6-15)23-19(20)22-14-16-9-10-21-18(13-16)25-12-11-24(2)3/h5-10,13H,4,11-12,14H2,1-3H3,(H3,20,22,23). The van der Waals surface area contributed by atoms with Crippen LogP contribution in [0.25, 0.3) is 0 Å². The predicted octanol–water partition coefficient (Wildman–Crippen LogP) is 2.51. The Morgan fingerprint density at radius 2 is 1.96 bits per heavy atom. The fourth-order valence-corrected chi connectivity index (χ4v) is 2.15. The molecule has 1 aromatic heterocycles. The average molecular weight is 341 g/mol. The van der Waals surface area contributed by atoms with Crippen molar-refractivity contribution in [3.63, 3.8) is 0 Å². The number of nitrogens with two attached hydrogens (primary N) is 1. The lowest BCUT2D eigenvalue weighted by atomic mass is 10.1. The number of anilines is 1. The van der Waals surface area contributed by atoms with Crippen LogP contribution in [0.2, 0.25) is 0 Å². The van der Waals surface area contributed by atoms with Crippen LogP contribution in [0.4, 0.5) is 5.69 Å². The van der Waals surface area contributed by atoms with E-state index < -0.39 is 0 Å². The van der Waals surface area contributed by atoms with Gasteiger partial charge in [0, 0.05) is 24.5 Å². The van der Waals surface area contributed by atoms with Gasteiger partial charge >= 0.3 is 0 Å². The molecular formula is C19H27N5O. The molecular weight excluding hydrogens is 314 g/mol. The molecule has 0 fully saturated rings. The number of pyridine rings is 1. The zero-order valence-electron chi connectivity index (χ0n) is 15.2. The second-order valence-corrected chi connectivity index (χ2v) is 6.03. The van der Waals surface area contributed by atoms with E-state index in [0.717, 1.165) is 24.2 Å². The minimum absolute atomic E-state index is 0.385. The van der Waals surface area contributed by atoms with E-state index in [4.69, 9.17) is 10.5 Å². The SMILES string of the molecule is CCc1ccc(NC(N)=NCc2ccnc(OCCN(C)C)c2)cc1. The van der Waals surface area contributed by atoms with Gasteiger partial charge in [0.05, 0.1) is 6.54 Å². The van der Waals surface area contributed by atoms with E-state index in [1.165, 1.54) is 5.56 Å². The summed E-state index contributed by atoms with van der Waals surface area (Å²) < 4.78 is 5.63. The highest BCUT2D eigenvalue weighted by molar-refractivity contribution is 5.92. The summed E-state index contributed by atoms with van der Waals surface area (Å²) in [5, 5.41) is 3.10. The minimum Gasteiger partial charge on any atom is -0.476 e. The second-order valence-electron chi connectivity index (χ2n) is 6.03. The zero-order chi connectivity index (χ0) is 18.1. The van der Waals surface area contributed by atoms with Gasteiger partial charge in [0.2, 0.25) is 5.88 Å². The van der Waals surface area contributed by atoms with Gasteiger partial charge in [0.1, 0.15) is 6.61 Å². The number of guanidine groups is 1. The molecule has 0 radical (unpaired) electrons. The van der Waals surface area contributed by atoms with Crippen molar-refractivity contribution < 1.29 is 4.74 Å². The van der Waals surface area contributed by atoms with Gasteiger partial charge in [-0.1, -0.05) is 19.1 Å². The van der Waals surface area contributed by atoms with Crippen LogP contribution >= 0.6 is 0 Å². The molecule has 6 nitrogen and oxygen atoms in total. The molecule has 0 aliphatic carbocycles. The summed E-state index contributed by atoms with van der Waals surface area (Å²) in [6.45, 7) is 4.05. The molecule has 134 valence electrons. The quantitative estimate of drug-likeness (QED) is 0.570. The lowest BCUT2D eigenvalue weighted by molar-refractivity contribution is 0.253. The van der Waals surface area contributed by atoms with Gasteiger partial charge < -0.3 is 20.7 Å². The van der Waals surface area contributed by atoms with Gasteiger partial charge in [0.15, 0.2) is 5.96 Å². The lowest BCUT2D eigenvalue weighted by Crippen LogP contribution is -2.22. The summed E-state index contributed by atoms with van der Waals surface area (Å²) in [7, 11) is 4.01. The van der Waals surface area contributed by atoms with Crippen molar-refractivity contribution in [1.29, 1.82) is 0 Å². The molecule has 0 aliphatic heterocycles. The molecule has 0 atom stereocenters. The average Bonchev–Trinajstić information content (AvgIpc) is 2.61. The van der Waals surface area contributed by atoms with Crippen molar-refractivity contribution in [3.8, 4) is 5.88 Å². The lowest BCUT2D eigenvalue weighted by Gasteiger charge is -2.10. The molecule has 0 saturated heterocycles. The number of hydrogen-bond donors (Lipinski definition) is 2. The number of nitrogens with zero attached hydrogens (tertiary/aromatic N) is 3. The van der Waals surface area contributed by atoms with Gasteiger partial charge in [-0.05, 0) is 49.8 Å². The van der Waals surface area contributed by atoms with Crippen molar-refractivity contribution in [2.45, 2.75) is 19.9 Å². The fraction of sp³-hybridized carbons (Fsp3) is 0.368. The third-order valence-corrected chi connectivity index (χ3v) is 3.65. The Morgan fingerprint density at radius 3 is 2.64 bits per heavy atom. The van der Waals surface area contributed by atoms with Crippen LogP contribution in [0.3, 0.4) is 0 Å². The van der Waals surface area contributed by atoms with E-state index in [1.807, 2.05) is 38.4 Å². The maximum absolute atomic E-state index is 5.96. The fourth-order valence-electron chi connectivity index (χ4n) is 2.15. The van der Waals surface area contributed by atoms with Crippen LogP contribution in [0.15, 0.2) is 47.6 Å². The molecule has 1 heterocycles. The normalized spacial score (nSPS) is 11.6. The highest BCUT2D eigenvalue weighted by Gasteiger charge is 2.00. The first-order chi connectivity index (χ1) is 12.1. The summed E-state index contributed by atoms with van der Waals surface area (Å²) >= 11 is 0. The molecule has 2 aromatic rings. The van der Waals surface area contributed by atoms with Crippen LogP contribution in [0.5, 0.6) is 5.88 Å². The number of nitrogens with one attached hydrogen (secondary N) is 1. The first kappa shape index (κ1) is 18.7. The monoisotopic (exact) mass is 341 g/mol. The van der Waals surface area contributed by atoms with Gasteiger partial charge in [-0.2, -0.15) is 0 Å². The van der Waals surface area contributed by atoms with Gasteiger partial charge in [-0.3, -0.25) is 0 Å². The van der Waals surface area contributed by atoms with E-state index in [2.05, 4.69) is 39.2 Å². The molecule has 0 saturated carbocycles. The number of hydrogen-bond acceptors (Lipinski definition) is 4. The summed E-state index contributed by atoms with van der Waals surface area (Å²) in [5.41, 5.74) is 9.19. The highest BCUT2D eigenvalue weighted by atomic mass is 16.5. The molecule has 0 spiro atoms. The zero-order valence-corrected chi connectivity index (χ0v) is 15.2. The van der Waals surface area contributed by atoms with E-state index >= 15 is 0 Å². The minimum atomic E-state index is 0.385. The Balaban J connectivity index is 1.88. The van der Waals surface area contributed by atoms with Crippen molar-refractivity contribution in [1.82, 2.24) is 9.88 Å². The van der Waals surface area contributed by atoms with Crippen LogP contribution < -0.4 is 15.8 Å². The smallest absolute Gasteiger partial charge is 0.213 e. The van der Waals surface area contributed by atoms with E-state index in [9.17, 15) is 0 Å². The number of rotatable bonds is 8. The summed E-state index contributed by atoms with van der Waals surface area (Å²) in [4.78, 5) is 10.6. The third kappa shape index (κ3) is 6.81. The van der Waals surface area contributed by atoms with E-state index in [1.54, 1.807) is 6.20 Å². The Labute approximate surface area is 149 Å². The first-order valence-electron chi connectivity index (χ1n) is 8.45. The molecule has 0 aliphatic rings. The molecule has 3 N–H and O–H groups in total. The number of benzene rings is 1. The van der Waals surface area contributed by atoms with Gasteiger partial charge in [0.25, 0.3) is 0 Å². The Bertz CT molecular complexity index is 682. The van der Waals surface area contributed by atoms with Crippen LogP contribution in [0, 0.1) is 0 Å². The van der Waals surface area contributed by atoms with Crippen LogP contribution in [-0.2, 0) is 13.0 Å². The summed E-state index contributed by atoms with van der Waals surface area (Å²) in [6, 6.07) is 12.0. The maximum atomic E-state index is 5.96. The Kier molecular flexibility index (Phi) is 7.22. The van der Waals surface area contributed by atoms with E-state index in [-0.39, 0.29) is 0 Å². The summed E-state index contributed by atoms with van der Waals surface area (Å²) in [6.07, 6.45) is 2.74. The van der Waals surface area contributed by atoms with Crippen molar-refractivity contribution >= 4 is 11.6 Å². The number of ether oxygens (including phenoxy) is 1. The number of aliphatic imine (C=N–C) groups is 1. The summed E-state index contributed by atoms with van der Waals surface area (Å²) in [5.74, 6) is 0.993. The van der Waals surface area contributed by atoms with Gasteiger partial charge in [-0.15, -0.1) is 0 Å². The molecule has 2 rings (SSSR count). The molecule has 0 amide bonds. The molecule has 25 heavy (non-hydrogen) atoms. The van der Waals surface area contributed by atoms with Crippen molar-refractivity contribution in [3.05, 3.63) is 53.7 Å². The number of likely N-dealkylation sites (N-methyl/N-ethyl adjacent to an activating group) is 1. The van der Waals surface area contributed by atoms with Crippen molar-refractivity contribution in [2.24, 2.45) is 10.7 Å². The van der Waals surface area contributed by atoms with Crippen LogP contribution in [0.1, 0.15) is 18.1 Å². The molecule has 0 unspecified atom stereocenters. The highest BCUT2D eigenvalue weighted by Crippen LogP contribution is 2.12. The van der Waals surface area contributed by atoms with E-state index in [0.29, 0.717) is 25.0 Å². The number of aromatic nitrogens is 1. The van der Waals surface area contributed by atoms with Gasteiger partial charge in [-0.25, -0.2) is 9.98 Å². The topological polar surface area (TPSA) is 75.8 Å². The Hall–Kier alpha value is -2.60. The molecule has 6 heteroatoms. The molecule has 0 bridgehead atoms. The third-order valence-electron chi connectivity index (χ3n) is 3.65. The second kappa shape index (κ2) is 9.64. The largest absolute Gasteiger partial charge is 0.476 e. The molecule has 1 aromatic carbocycles.